The Bertz CT molecular complexity index is 797. The summed E-state index contributed by atoms with van der Waals surface area (Å²) >= 11 is 1.20. The fourth-order valence-electron chi connectivity index (χ4n) is 1.78. The highest BCUT2D eigenvalue weighted by Crippen LogP contribution is 2.26. The summed E-state index contributed by atoms with van der Waals surface area (Å²) in [6, 6.07) is 7.80. The number of methoxy groups -OCH3 is 1. The van der Waals surface area contributed by atoms with E-state index in [1.807, 2.05) is 0 Å². The van der Waals surface area contributed by atoms with E-state index in [-0.39, 0.29) is 11.5 Å². The van der Waals surface area contributed by atoms with Gasteiger partial charge in [-0.25, -0.2) is 4.79 Å². The average Bonchev–Trinajstić information content (AvgIpc) is 3.14. The number of rotatable bonds is 6. The number of imide groups is 1. The van der Waals surface area contributed by atoms with E-state index < -0.39 is 24.4 Å². The maximum Gasteiger partial charge on any atom is 0.331 e. The second-order valence-corrected chi connectivity index (χ2v) is 5.67. The van der Waals surface area contributed by atoms with Crippen molar-refractivity contribution in [1.82, 2.24) is 5.32 Å². The van der Waals surface area contributed by atoms with Crippen LogP contribution in [0, 0.1) is 0 Å². The van der Waals surface area contributed by atoms with Gasteiger partial charge in [0.2, 0.25) is 0 Å². The maximum absolute atomic E-state index is 11.7. The van der Waals surface area contributed by atoms with E-state index >= 15 is 0 Å². The van der Waals surface area contributed by atoms with Gasteiger partial charge in [0.15, 0.2) is 18.1 Å². The van der Waals surface area contributed by atoms with Gasteiger partial charge < -0.3 is 14.6 Å². The minimum absolute atomic E-state index is 0.0192. The summed E-state index contributed by atoms with van der Waals surface area (Å²) in [5.41, 5.74) is 0.601. The van der Waals surface area contributed by atoms with Crippen LogP contribution in [-0.4, -0.2) is 36.6 Å². The molecular weight excluding hydrogens is 346 g/mol. The first-order valence-electron chi connectivity index (χ1n) is 7.09. The molecule has 0 radical (unpaired) electrons. The Balaban J connectivity index is 1.82. The molecular formula is C17H15NO6S. The van der Waals surface area contributed by atoms with Gasteiger partial charge in [0.05, 0.1) is 12.0 Å². The lowest BCUT2D eigenvalue weighted by atomic mass is 10.2. The zero-order chi connectivity index (χ0) is 18.2. The topological polar surface area (TPSA) is 102 Å². The number of hydrogen-bond donors (Lipinski definition) is 2. The fraction of sp³-hybridized carbons (Fsp3) is 0.118. The van der Waals surface area contributed by atoms with Crippen LogP contribution in [0.1, 0.15) is 15.2 Å². The van der Waals surface area contributed by atoms with Crippen LogP contribution in [-0.2, 0) is 14.3 Å². The van der Waals surface area contributed by atoms with E-state index in [9.17, 15) is 19.5 Å². The van der Waals surface area contributed by atoms with Crippen molar-refractivity contribution < 1.29 is 29.0 Å². The van der Waals surface area contributed by atoms with Crippen molar-refractivity contribution in [1.29, 1.82) is 0 Å². The molecule has 0 unspecified atom stereocenters. The van der Waals surface area contributed by atoms with Gasteiger partial charge >= 0.3 is 5.97 Å². The molecule has 0 fully saturated rings. The summed E-state index contributed by atoms with van der Waals surface area (Å²) in [5, 5.41) is 13.3. The van der Waals surface area contributed by atoms with Crippen LogP contribution < -0.4 is 10.1 Å². The summed E-state index contributed by atoms with van der Waals surface area (Å²) in [6.07, 6.45) is 2.57. The molecule has 8 heteroatoms. The summed E-state index contributed by atoms with van der Waals surface area (Å²) in [7, 11) is 1.41. The third-order valence-electron chi connectivity index (χ3n) is 2.96. The molecule has 0 spiro atoms. The van der Waals surface area contributed by atoms with Crippen LogP contribution in [0.3, 0.4) is 0 Å². The number of benzene rings is 1. The van der Waals surface area contributed by atoms with Crippen molar-refractivity contribution in [2.24, 2.45) is 0 Å². The van der Waals surface area contributed by atoms with Gasteiger partial charge in [-0.1, -0.05) is 12.1 Å². The predicted octanol–water partition coefficient (Wildman–Crippen LogP) is 1.98. The van der Waals surface area contributed by atoms with Gasteiger partial charge in [-0.3, -0.25) is 14.9 Å². The highest BCUT2D eigenvalue weighted by atomic mass is 32.1. The first kappa shape index (κ1) is 18.2. The third-order valence-corrected chi connectivity index (χ3v) is 3.83. The number of ether oxygens (including phenoxy) is 2. The predicted molar refractivity (Wildman–Crippen MR) is 91.4 cm³/mol. The lowest BCUT2D eigenvalue weighted by Crippen LogP contribution is -2.33. The Labute approximate surface area is 147 Å². The number of carbonyl (C=O) groups is 3. The van der Waals surface area contributed by atoms with Gasteiger partial charge in [0.1, 0.15) is 0 Å². The quantitative estimate of drug-likeness (QED) is 0.602. The Morgan fingerprint density at radius 3 is 2.76 bits per heavy atom. The Morgan fingerprint density at radius 1 is 1.28 bits per heavy atom. The number of amides is 2. The van der Waals surface area contributed by atoms with Crippen molar-refractivity contribution in [2.45, 2.75) is 0 Å². The fourth-order valence-corrected chi connectivity index (χ4v) is 2.40. The monoisotopic (exact) mass is 361 g/mol. The highest BCUT2D eigenvalue weighted by molar-refractivity contribution is 7.12. The third kappa shape index (κ3) is 5.47. The molecule has 0 aliphatic carbocycles. The lowest BCUT2D eigenvalue weighted by molar-refractivity contribution is -0.143. The summed E-state index contributed by atoms with van der Waals surface area (Å²) in [4.78, 5) is 35.2. The maximum atomic E-state index is 11.7. The van der Waals surface area contributed by atoms with E-state index in [1.165, 1.54) is 36.7 Å². The molecule has 7 nitrogen and oxygen atoms in total. The first-order valence-corrected chi connectivity index (χ1v) is 7.97. The molecule has 2 N–H and O–H groups in total. The number of thiophene rings is 1. The van der Waals surface area contributed by atoms with Crippen molar-refractivity contribution in [3.8, 4) is 11.5 Å². The summed E-state index contributed by atoms with van der Waals surface area (Å²) in [6.45, 7) is -0.570. The van der Waals surface area contributed by atoms with Crippen molar-refractivity contribution in [2.75, 3.05) is 13.7 Å². The largest absolute Gasteiger partial charge is 0.504 e. The molecule has 2 amide bonds. The SMILES string of the molecule is COc1cc(/C=C/C(=O)OCC(=O)NC(=O)c2cccs2)ccc1O. The first-order chi connectivity index (χ1) is 12.0. The molecule has 25 heavy (non-hydrogen) atoms. The van der Waals surface area contributed by atoms with Gasteiger partial charge in [-0.05, 0) is 35.2 Å². The number of aromatic hydroxyl groups is 1. The lowest BCUT2D eigenvalue weighted by Gasteiger charge is -2.04. The van der Waals surface area contributed by atoms with Crippen LogP contribution in [0.2, 0.25) is 0 Å². The molecule has 2 rings (SSSR count). The molecule has 1 heterocycles. The molecule has 0 aliphatic heterocycles. The standard InChI is InChI=1S/C17H15NO6S/c1-23-13-9-11(4-6-12(13)19)5-7-16(21)24-10-15(20)18-17(22)14-3-2-8-25-14/h2-9,19H,10H2,1H3,(H,18,20,22)/b7-5+. The van der Waals surface area contributed by atoms with E-state index in [1.54, 1.807) is 23.6 Å². The Kier molecular flexibility index (Phi) is 6.30. The number of hydrogen-bond acceptors (Lipinski definition) is 7. The number of nitrogens with one attached hydrogen (secondary N) is 1. The zero-order valence-electron chi connectivity index (χ0n) is 13.2. The molecule has 0 aliphatic rings. The molecule has 0 saturated carbocycles. The van der Waals surface area contributed by atoms with E-state index in [0.29, 0.717) is 10.4 Å². The van der Waals surface area contributed by atoms with Crippen molar-refractivity contribution in [3.63, 3.8) is 0 Å². The van der Waals surface area contributed by atoms with E-state index in [0.717, 1.165) is 6.08 Å². The van der Waals surface area contributed by atoms with E-state index in [2.05, 4.69) is 5.32 Å². The van der Waals surface area contributed by atoms with Gasteiger partial charge in [-0.15, -0.1) is 11.3 Å². The number of phenolic OH excluding ortho intramolecular Hbond substituents is 1. The molecule has 1 aromatic carbocycles. The van der Waals surface area contributed by atoms with Crippen LogP contribution in [0.25, 0.3) is 6.08 Å². The molecule has 0 atom stereocenters. The van der Waals surface area contributed by atoms with Gasteiger partial charge in [0, 0.05) is 6.08 Å². The average molecular weight is 361 g/mol. The van der Waals surface area contributed by atoms with Crippen molar-refractivity contribution in [3.05, 3.63) is 52.2 Å². The summed E-state index contributed by atoms with van der Waals surface area (Å²) < 4.78 is 9.71. The minimum Gasteiger partial charge on any atom is -0.504 e. The highest BCUT2D eigenvalue weighted by Gasteiger charge is 2.12. The van der Waals surface area contributed by atoms with Crippen LogP contribution in [0.4, 0.5) is 0 Å². The van der Waals surface area contributed by atoms with E-state index in [4.69, 9.17) is 9.47 Å². The normalized spacial score (nSPS) is 10.4. The molecule has 0 saturated heterocycles. The van der Waals surface area contributed by atoms with Gasteiger partial charge in [-0.2, -0.15) is 0 Å². The summed E-state index contributed by atoms with van der Waals surface area (Å²) in [5.74, 6) is -1.75. The van der Waals surface area contributed by atoms with Crippen LogP contribution >= 0.6 is 11.3 Å². The smallest absolute Gasteiger partial charge is 0.331 e. The van der Waals surface area contributed by atoms with Crippen LogP contribution in [0.15, 0.2) is 41.8 Å². The molecule has 130 valence electrons. The van der Waals surface area contributed by atoms with Crippen molar-refractivity contribution >= 4 is 35.2 Å². The zero-order valence-corrected chi connectivity index (χ0v) is 14.0. The Hall–Kier alpha value is -3.13. The number of carbonyl (C=O) groups excluding carboxylic acids is 3. The number of esters is 1. The number of phenols is 1. The molecule has 1 aromatic heterocycles. The molecule has 2 aromatic rings. The second kappa shape index (κ2) is 8.65. The van der Waals surface area contributed by atoms with Gasteiger partial charge in [0.25, 0.3) is 11.8 Å². The second-order valence-electron chi connectivity index (χ2n) is 4.73. The minimum atomic E-state index is -0.745. The molecule has 0 bridgehead atoms. The van der Waals surface area contributed by atoms with Crippen LogP contribution in [0.5, 0.6) is 11.5 Å². The Morgan fingerprint density at radius 2 is 2.08 bits per heavy atom.